The van der Waals surface area contributed by atoms with Crippen LogP contribution in [0.4, 0.5) is 10.5 Å². The van der Waals surface area contributed by atoms with Gasteiger partial charge in [-0.05, 0) is 30.9 Å². The number of carboxylic acids is 1. The van der Waals surface area contributed by atoms with Gasteiger partial charge in [-0.25, -0.2) is 9.59 Å². The standard InChI is InChI=1S/C15H20N2O3/c18-14(19)12-8-4-5-9-13(12)17-15(20)16-10-11-6-2-1-3-7-11/h4-5,8-9,11H,1-3,6-7,10H2,(H,18,19)(H2,16,17,20). The number of urea groups is 1. The van der Waals surface area contributed by atoms with Crippen molar-refractivity contribution in [1.29, 1.82) is 0 Å². The average molecular weight is 276 g/mol. The number of para-hydroxylation sites is 1. The van der Waals surface area contributed by atoms with Gasteiger partial charge in [0.25, 0.3) is 0 Å². The van der Waals surface area contributed by atoms with Crippen LogP contribution in [-0.4, -0.2) is 23.7 Å². The largest absolute Gasteiger partial charge is 0.478 e. The van der Waals surface area contributed by atoms with Crippen LogP contribution in [0.3, 0.4) is 0 Å². The highest BCUT2D eigenvalue weighted by Crippen LogP contribution is 2.22. The molecule has 5 nitrogen and oxygen atoms in total. The number of anilines is 1. The van der Waals surface area contributed by atoms with Crippen molar-refractivity contribution in [2.75, 3.05) is 11.9 Å². The molecular formula is C15H20N2O3. The maximum absolute atomic E-state index is 11.8. The summed E-state index contributed by atoms with van der Waals surface area (Å²) in [6, 6.07) is 6.05. The number of nitrogens with one attached hydrogen (secondary N) is 2. The fourth-order valence-corrected chi connectivity index (χ4v) is 2.57. The smallest absolute Gasteiger partial charge is 0.337 e. The third kappa shape index (κ3) is 3.98. The van der Waals surface area contributed by atoms with Gasteiger partial charge in [-0.2, -0.15) is 0 Å². The number of carboxylic acid groups (broad SMARTS) is 1. The SMILES string of the molecule is O=C(NCC1CCCCC1)Nc1ccccc1C(=O)O. The second kappa shape index (κ2) is 6.93. The van der Waals surface area contributed by atoms with Crippen molar-refractivity contribution in [2.24, 2.45) is 5.92 Å². The van der Waals surface area contributed by atoms with Gasteiger partial charge in [0.1, 0.15) is 0 Å². The Balaban J connectivity index is 1.86. The summed E-state index contributed by atoms with van der Waals surface area (Å²) in [6.07, 6.45) is 6.07. The third-order valence-corrected chi connectivity index (χ3v) is 3.68. The molecule has 20 heavy (non-hydrogen) atoms. The maximum Gasteiger partial charge on any atom is 0.337 e. The Morgan fingerprint density at radius 3 is 2.55 bits per heavy atom. The molecule has 1 fully saturated rings. The summed E-state index contributed by atoms with van der Waals surface area (Å²) >= 11 is 0. The van der Waals surface area contributed by atoms with Crippen LogP contribution in [0.5, 0.6) is 0 Å². The first-order valence-electron chi connectivity index (χ1n) is 7.04. The fraction of sp³-hybridized carbons (Fsp3) is 0.467. The van der Waals surface area contributed by atoms with Crippen LogP contribution in [0, 0.1) is 5.92 Å². The number of carbonyl (C=O) groups excluding carboxylic acids is 1. The topological polar surface area (TPSA) is 78.4 Å². The molecule has 1 aliphatic carbocycles. The Kier molecular flexibility index (Phi) is 4.98. The number of hydrogen-bond donors (Lipinski definition) is 3. The molecule has 0 spiro atoms. The van der Waals surface area contributed by atoms with Crippen molar-refractivity contribution in [3.05, 3.63) is 29.8 Å². The highest BCUT2D eigenvalue weighted by atomic mass is 16.4. The predicted octanol–water partition coefficient (Wildman–Crippen LogP) is 3.09. The molecule has 1 aromatic rings. The molecule has 1 saturated carbocycles. The van der Waals surface area contributed by atoms with E-state index < -0.39 is 5.97 Å². The second-order valence-corrected chi connectivity index (χ2v) is 5.19. The van der Waals surface area contributed by atoms with Crippen molar-refractivity contribution < 1.29 is 14.7 Å². The Hall–Kier alpha value is -2.04. The van der Waals surface area contributed by atoms with Crippen LogP contribution in [0.25, 0.3) is 0 Å². The first kappa shape index (κ1) is 14.4. The van der Waals surface area contributed by atoms with Crippen LogP contribution in [0.15, 0.2) is 24.3 Å². The molecule has 1 aliphatic rings. The van der Waals surface area contributed by atoms with Gasteiger partial charge in [0, 0.05) is 6.54 Å². The molecule has 0 unspecified atom stereocenters. The van der Waals surface area contributed by atoms with Crippen LogP contribution >= 0.6 is 0 Å². The zero-order valence-electron chi connectivity index (χ0n) is 11.4. The summed E-state index contributed by atoms with van der Waals surface area (Å²) in [4.78, 5) is 22.9. The molecule has 5 heteroatoms. The van der Waals surface area contributed by atoms with Gasteiger partial charge in [0.15, 0.2) is 0 Å². The lowest BCUT2D eigenvalue weighted by Gasteiger charge is -2.21. The quantitative estimate of drug-likeness (QED) is 0.790. The minimum absolute atomic E-state index is 0.0975. The normalized spacial score (nSPS) is 15.6. The molecule has 0 saturated heterocycles. The van der Waals surface area contributed by atoms with Crippen LogP contribution in [-0.2, 0) is 0 Å². The van der Waals surface area contributed by atoms with Gasteiger partial charge in [-0.3, -0.25) is 0 Å². The van der Waals surface area contributed by atoms with E-state index >= 15 is 0 Å². The Morgan fingerprint density at radius 2 is 1.85 bits per heavy atom. The summed E-state index contributed by atoms with van der Waals surface area (Å²) in [7, 11) is 0. The Bertz CT molecular complexity index is 482. The van der Waals surface area contributed by atoms with E-state index in [-0.39, 0.29) is 11.6 Å². The molecule has 108 valence electrons. The van der Waals surface area contributed by atoms with E-state index in [0.29, 0.717) is 18.2 Å². The molecule has 3 N–H and O–H groups in total. The zero-order valence-corrected chi connectivity index (χ0v) is 11.4. The molecule has 2 rings (SSSR count). The van der Waals surface area contributed by atoms with Crippen LogP contribution in [0.1, 0.15) is 42.5 Å². The van der Waals surface area contributed by atoms with E-state index in [1.165, 1.54) is 25.3 Å². The van der Waals surface area contributed by atoms with E-state index in [2.05, 4.69) is 10.6 Å². The highest BCUT2D eigenvalue weighted by molar-refractivity contribution is 5.99. The summed E-state index contributed by atoms with van der Waals surface area (Å²) in [5.41, 5.74) is 0.418. The summed E-state index contributed by atoms with van der Waals surface area (Å²) in [5.74, 6) is -0.502. The van der Waals surface area contributed by atoms with Gasteiger partial charge >= 0.3 is 12.0 Å². The molecule has 0 bridgehead atoms. The lowest BCUT2D eigenvalue weighted by molar-refractivity contribution is 0.0698. The minimum atomic E-state index is -1.05. The van der Waals surface area contributed by atoms with Crippen molar-refractivity contribution in [3.63, 3.8) is 0 Å². The predicted molar refractivity (Wildman–Crippen MR) is 77.0 cm³/mol. The number of benzene rings is 1. The monoisotopic (exact) mass is 276 g/mol. The number of rotatable bonds is 4. The molecule has 0 aromatic heterocycles. The minimum Gasteiger partial charge on any atom is -0.478 e. The molecule has 0 atom stereocenters. The lowest BCUT2D eigenvalue weighted by Crippen LogP contribution is -2.34. The first-order valence-corrected chi connectivity index (χ1v) is 7.04. The van der Waals surface area contributed by atoms with Gasteiger partial charge in [0.05, 0.1) is 11.3 Å². The number of carbonyl (C=O) groups is 2. The number of amides is 2. The van der Waals surface area contributed by atoms with E-state index in [1.807, 2.05) is 0 Å². The first-order chi connectivity index (χ1) is 9.66. The van der Waals surface area contributed by atoms with E-state index in [4.69, 9.17) is 5.11 Å². The van der Waals surface area contributed by atoms with Crippen LogP contribution < -0.4 is 10.6 Å². The van der Waals surface area contributed by atoms with Gasteiger partial charge in [-0.1, -0.05) is 31.4 Å². The van der Waals surface area contributed by atoms with Gasteiger partial charge in [-0.15, -0.1) is 0 Å². The van der Waals surface area contributed by atoms with E-state index in [0.717, 1.165) is 12.8 Å². The highest BCUT2D eigenvalue weighted by Gasteiger charge is 2.15. The number of hydrogen-bond acceptors (Lipinski definition) is 2. The average Bonchev–Trinajstić information content (AvgIpc) is 2.46. The second-order valence-electron chi connectivity index (χ2n) is 5.19. The Labute approximate surface area is 118 Å². The summed E-state index contributed by atoms with van der Waals surface area (Å²) in [6.45, 7) is 0.654. The summed E-state index contributed by atoms with van der Waals surface area (Å²) < 4.78 is 0. The Morgan fingerprint density at radius 1 is 1.15 bits per heavy atom. The molecular weight excluding hydrogens is 256 g/mol. The van der Waals surface area contributed by atoms with Crippen LogP contribution in [0.2, 0.25) is 0 Å². The molecule has 1 aromatic carbocycles. The van der Waals surface area contributed by atoms with Gasteiger partial charge < -0.3 is 15.7 Å². The third-order valence-electron chi connectivity index (χ3n) is 3.68. The molecule has 2 amide bonds. The molecule has 0 radical (unpaired) electrons. The van der Waals surface area contributed by atoms with E-state index in [1.54, 1.807) is 18.2 Å². The summed E-state index contributed by atoms with van der Waals surface area (Å²) in [5, 5.41) is 14.5. The number of aromatic carboxylic acids is 1. The van der Waals surface area contributed by atoms with E-state index in [9.17, 15) is 9.59 Å². The molecule has 0 aliphatic heterocycles. The van der Waals surface area contributed by atoms with Crippen molar-refractivity contribution >= 4 is 17.7 Å². The van der Waals surface area contributed by atoms with Crippen molar-refractivity contribution in [1.82, 2.24) is 5.32 Å². The maximum atomic E-state index is 11.8. The zero-order chi connectivity index (χ0) is 14.4. The lowest BCUT2D eigenvalue weighted by atomic mass is 9.89. The fourth-order valence-electron chi connectivity index (χ4n) is 2.57. The van der Waals surface area contributed by atoms with Gasteiger partial charge in [0.2, 0.25) is 0 Å². The molecule has 0 heterocycles. The van der Waals surface area contributed by atoms with Crippen molar-refractivity contribution in [2.45, 2.75) is 32.1 Å². The van der Waals surface area contributed by atoms with Crippen molar-refractivity contribution in [3.8, 4) is 0 Å².